The van der Waals surface area contributed by atoms with Gasteiger partial charge in [-0.05, 0) is 22.8 Å². The Morgan fingerprint density at radius 3 is 2.00 bits per heavy atom. The molecule has 0 fully saturated rings. The van der Waals surface area contributed by atoms with E-state index in [9.17, 15) is 4.79 Å². The van der Waals surface area contributed by atoms with Crippen LogP contribution in [0.15, 0.2) is 85.2 Å². The second-order valence-electron chi connectivity index (χ2n) is 5.81. The first-order chi connectivity index (χ1) is 11.8. The van der Waals surface area contributed by atoms with Crippen molar-refractivity contribution in [1.82, 2.24) is 9.88 Å². The minimum atomic E-state index is -0.297. The first-order valence-electron chi connectivity index (χ1n) is 7.99. The summed E-state index contributed by atoms with van der Waals surface area (Å²) < 4.78 is 0. The van der Waals surface area contributed by atoms with E-state index < -0.39 is 0 Å². The molecule has 0 N–H and O–H groups in total. The zero-order valence-electron chi connectivity index (χ0n) is 13.7. The molecule has 120 valence electrons. The van der Waals surface area contributed by atoms with Crippen LogP contribution in [0.1, 0.15) is 22.6 Å². The fourth-order valence-electron chi connectivity index (χ4n) is 2.83. The average molecular weight is 316 g/mol. The van der Waals surface area contributed by atoms with Gasteiger partial charge in [-0.2, -0.15) is 0 Å². The number of likely N-dealkylation sites (N-methyl/N-ethyl adjacent to an activating group) is 1. The van der Waals surface area contributed by atoms with E-state index in [0.717, 1.165) is 16.7 Å². The van der Waals surface area contributed by atoms with E-state index in [-0.39, 0.29) is 11.8 Å². The zero-order valence-corrected chi connectivity index (χ0v) is 13.7. The Kier molecular flexibility index (Phi) is 5.02. The lowest BCUT2D eigenvalue weighted by Gasteiger charge is -2.24. The smallest absolute Gasteiger partial charge is 0.234 e. The van der Waals surface area contributed by atoms with Gasteiger partial charge >= 0.3 is 0 Å². The van der Waals surface area contributed by atoms with E-state index in [1.807, 2.05) is 79.8 Å². The van der Waals surface area contributed by atoms with Gasteiger partial charge < -0.3 is 4.90 Å². The number of carbonyl (C=O) groups excluding carboxylic acids is 1. The molecule has 1 aromatic heterocycles. The number of carbonyl (C=O) groups is 1. The van der Waals surface area contributed by atoms with Gasteiger partial charge in [-0.25, -0.2) is 0 Å². The topological polar surface area (TPSA) is 33.2 Å². The Balaban J connectivity index is 1.89. The average Bonchev–Trinajstić information content (AvgIpc) is 2.64. The second kappa shape index (κ2) is 7.55. The number of aromatic nitrogens is 1. The van der Waals surface area contributed by atoms with Crippen molar-refractivity contribution in [2.24, 2.45) is 0 Å². The molecule has 3 rings (SSSR count). The van der Waals surface area contributed by atoms with Gasteiger partial charge in [0.25, 0.3) is 0 Å². The summed E-state index contributed by atoms with van der Waals surface area (Å²) in [6.07, 6.45) is 3.53. The van der Waals surface area contributed by atoms with Gasteiger partial charge in [0.05, 0.1) is 5.92 Å². The summed E-state index contributed by atoms with van der Waals surface area (Å²) in [7, 11) is 1.84. The van der Waals surface area contributed by atoms with Crippen molar-refractivity contribution in [2.45, 2.75) is 12.5 Å². The number of pyridine rings is 1. The minimum Gasteiger partial charge on any atom is -0.341 e. The van der Waals surface area contributed by atoms with Crippen molar-refractivity contribution in [1.29, 1.82) is 0 Å². The lowest BCUT2D eigenvalue weighted by molar-refractivity contribution is -0.131. The van der Waals surface area contributed by atoms with Gasteiger partial charge in [0.15, 0.2) is 0 Å². The fourth-order valence-corrected chi connectivity index (χ4v) is 2.83. The molecule has 3 aromatic rings. The molecular formula is C21H20N2O. The van der Waals surface area contributed by atoms with E-state index in [4.69, 9.17) is 0 Å². The standard InChI is InChI=1S/C21H20N2O/c1-23(16-17-9-8-14-22-15-17)21(24)20(18-10-4-2-5-11-18)19-12-6-3-7-13-19/h2-15,20H,16H2,1H3. The summed E-state index contributed by atoms with van der Waals surface area (Å²) in [5.74, 6) is -0.217. The summed E-state index contributed by atoms with van der Waals surface area (Å²) in [4.78, 5) is 19.0. The summed E-state index contributed by atoms with van der Waals surface area (Å²) in [5, 5.41) is 0. The summed E-state index contributed by atoms with van der Waals surface area (Å²) in [5.41, 5.74) is 3.03. The minimum absolute atomic E-state index is 0.0799. The molecule has 0 aliphatic carbocycles. The molecule has 0 saturated heterocycles. The Morgan fingerprint density at radius 2 is 1.50 bits per heavy atom. The lowest BCUT2D eigenvalue weighted by atomic mass is 9.90. The van der Waals surface area contributed by atoms with Crippen molar-refractivity contribution >= 4 is 5.91 Å². The van der Waals surface area contributed by atoms with E-state index in [1.54, 1.807) is 17.3 Å². The van der Waals surface area contributed by atoms with Crippen LogP contribution >= 0.6 is 0 Å². The molecule has 0 atom stereocenters. The molecule has 0 aliphatic rings. The molecule has 3 nitrogen and oxygen atoms in total. The highest BCUT2D eigenvalue weighted by Gasteiger charge is 2.25. The Bertz CT molecular complexity index is 733. The van der Waals surface area contributed by atoms with Crippen LogP contribution in [0, 0.1) is 0 Å². The van der Waals surface area contributed by atoms with E-state index in [1.165, 1.54) is 0 Å². The molecule has 2 aromatic carbocycles. The molecule has 1 amide bonds. The summed E-state index contributed by atoms with van der Waals surface area (Å²) >= 11 is 0. The van der Waals surface area contributed by atoms with Crippen LogP contribution in [0.3, 0.4) is 0 Å². The molecule has 0 saturated carbocycles. The quantitative estimate of drug-likeness (QED) is 0.716. The zero-order chi connectivity index (χ0) is 16.8. The van der Waals surface area contributed by atoms with E-state index in [0.29, 0.717) is 6.54 Å². The van der Waals surface area contributed by atoms with E-state index in [2.05, 4.69) is 4.98 Å². The Hall–Kier alpha value is -2.94. The predicted octanol–water partition coefficient (Wildman–Crippen LogP) is 3.87. The van der Waals surface area contributed by atoms with Gasteiger partial charge in [-0.15, -0.1) is 0 Å². The van der Waals surface area contributed by atoms with Crippen molar-refractivity contribution in [3.8, 4) is 0 Å². The first kappa shape index (κ1) is 15.9. The largest absolute Gasteiger partial charge is 0.341 e. The van der Waals surface area contributed by atoms with Crippen molar-refractivity contribution < 1.29 is 4.79 Å². The maximum absolute atomic E-state index is 13.2. The third-order valence-corrected chi connectivity index (χ3v) is 4.03. The lowest BCUT2D eigenvalue weighted by Crippen LogP contribution is -2.32. The Morgan fingerprint density at radius 1 is 0.917 bits per heavy atom. The van der Waals surface area contributed by atoms with Crippen LogP contribution in [0.4, 0.5) is 0 Å². The van der Waals surface area contributed by atoms with Gasteiger partial charge in [-0.1, -0.05) is 66.7 Å². The molecule has 24 heavy (non-hydrogen) atoms. The molecule has 1 heterocycles. The van der Waals surface area contributed by atoms with Crippen LogP contribution in [-0.2, 0) is 11.3 Å². The van der Waals surface area contributed by atoms with Gasteiger partial charge in [0.2, 0.25) is 5.91 Å². The van der Waals surface area contributed by atoms with Gasteiger partial charge in [-0.3, -0.25) is 9.78 Å². The fraction of sp³-hybridized carbons (Fsp3) is 0.143. The predicted molar refractivity (Wildman–Crippen MR) is 95.4 cm³/mol. The number of hydrogen-bond donors (Lipinski definition) is 0. The highest BCUT2D eigenvalue weighted by atomic mass is 16.2. The van der Waals surface area contributed by atoms with Crippen LogP contribution < -0.4 is 0 Å². The van der Waals surface area contributed by atoms with Crippen LogP contribution in [0.5, 0.6) is 0 Å². The van der Waals surface area contributed by atoms with E-state index >= 15 is 0 Å². The van der Waals surface area contributed by atoms with Crippen LogP contribution in [0.25, 0.3) is 0 Å². The van der Waals surface area contributed by atoms with Gasteiger partial charge in [0.1, 0.15) is 0 Å². The highest BCUT2D eigenvalue weighted by Crippen LogP contribution is 2.26. The number of amides is 1. The van der Waals surface area contributed by atoms with Gasteiger partial charge in [0, 0.05) is 26.0 Å². The monoisotopic (exact) mass is 316 g/mol. The molecular weight excluding hydrogens is 296 g/mol. The van der Waals surface area contributed by atoms with Crippen LogP contribution in [0.2, 0.25) is 0 Å². The second-order valence-corrected chi connectivity index (χ2v) is 5.81. The normalized spacial score (nSPS) is 10.6. The number of rotatable bonds is 5. The van der Waals surface area contributed by atoms with Crippen molar-refractivity contribution in [2.75, 3.05) is 7.05 Å². The summed E-state index contributed by atoms with van der Waals surface area (Å²) in [6, 6.07) is 23.7. The molecule has 0 spiro atoms. The first-order valence-corrected chi connectivity index (χ1v) is 7.99. The molecule has 0 radical (unpaired) electrons. The third-order valence-electron chi connectivity index (χ3n) is 4.03. The highest BCUT2D eigenvalue weighted by molar-refractivity contribution is 5.87. The van der Waals surface area contributed by atoms with Crippen molar-refractivity contribution in [3.63, 3.8) is 0 Å². The summed E-state index contributed by atoms with van der Waals surface area (Å²) in [6.45, 7) is 0.544. The number of nitrogens with zero attached hydrogens (tertiary/aromatic N) is 2. The Labute approximate surface area is 142 Å². The maximum Gasteiger partial charge on any atom is 0.234 e. The van der Waals surface area contributed by atoms with Crippen molar-refractivity contribution in [3.05, 3.63) is 102 Å². The van der Waals surface area contributed by atoms with Crippen LogP contribution in [-0.4, -0.2) is 22.8 Å². The molecule has 0 unspecified atom stereocenters. The number of hydrogen-bond acceptors (Lipinski definition) is 2. The number of benzene rings is 2. The molecule has 0 aliphatic heterocycles. The molecule has 0 bridgehead atoms. The maximum atomic E-state index is 13.2. The third kappa shape index (κ3) is 3.69. The SMILES string of the molecule is CN(Cc1cccnc1)C(=O)C(c1ccccc1)c1ccccc1. The molecule has 3 heteroatoms.